The molecule has 12 rings (SSSR count). The van der Waals surface area contributed by atoms with E-state index in [1.165, 1.54) is 0 Å². The van der Waals surface area contributed by atoms with Gasteiger partial charge in [-0.2, -0.15) is 0 Å². The average molecular weight is 925 g/mol. The van der Waals surface area contributed by atoms with Crippen LogP contribution in [0.5, 0.6) is 0 Å². The van der Waals surface area contributed by atoms with Gasteiger partial charge in [0.15, 0.2) is 0 Å². The Labute approximate surface area is 418 Å². The van der Waals surface area contributed by atoms with Crippen LogP contribution in [0, 0.1) is 0 Å². The summed E-state index contributed by atoms with van der Waals surface area (Å²) in [5.41, 5.74) is 22.7. The van der Waals surface area contributed by atoms with Crippen LogP contribution in [0.1, 0.15) is 0 Å². The van der Waals surface area contributed by atoms with Crippen molar-refractivity contribution in [1.29, 1.82) is 0 Å². The molecule has 0 aliphatic carbocycles. The van der Waals surface area contributed by atoms with Gasteiger partial charge >= 0.3 is 0 Å². The van der Waals surface area contributed by atoms with Crippen LogP contribution >= 0.6 is 0 Å². The summed E-state index contributed by atoms with van der Waals surface area (Å²) in [5.74, 6) is 0. The average Bonchev–Trinajstić information content (AvgIpc) is 3.48. The zero-order valence-corrected chi connectivity index (χ0v) is 39.0. The Bertz CT molecular complexity index is 2970. The van der Waals surface area contributed by atoms with E-state index in [0.717, 1.165) is 111 Å². The lowest BCUT2D eigenvalue weighted by molar-refractivity contribution is 1.32. The molecule has 8 nitrogen and oxygen atoms in total. The van der Waals surface area contributed by atoms with Gasteiger partial charge in [-0.1, -0.05) is 0 Å². The highest BCUT2D eigenvalue weighted by atomic mass is 14.6. The van der Waals surface area contributed by atoms with E-state index in [4.69, 9.17) is 0 Å². The summed E-state index contributed by atoms with van der Waals surface area (Å²) in [5, 5.41) is 0. The van der Waals surface area contributed by atoms with Gasteiger partial charge < -0.3 is 0 Å². The Morgan fingerprint density at radius 2 is 0.194 bits per heavy atom. The van der Waals surface area contributed by atoms with Crippen molar-refractivity contribution in [2.24, 2.45) is 0 Å². The van der Waals surface area contributed by atoms with Gasteiger partial charge in [0.05, 0.1) is 0 Å². The molecule has 0 saturated heterocycles. The second kappa shape index (κ2) is 21.2. The van der Waals surface area contributed by atoms with Crippen LogP contribution in [0.2, 0.25) is 0 Å². The van der Waals surface area contributed by atoms with E-state index < -0.39 is 0 Å². The third-order valence-electron chi connectivity index (χ3n) is 12.5. The minimum atomic E-state index is 1.13. The van der Waals surface area contributed by atoms with E-state index in [9.17, 15) is 0 Å². The van der Waals surface area contributed by atoms with Gasteiger partial charge in [0.25, 0.3) is 0 Å². The van der Waals surface area contributed by atoms with Crippen LogP contribution in [-0.4, -0.2) is 39.9 Å². The monoisotopic (exact) mass is 924 g/mol. The molecule has 0 amide bonds. The highest BCUT2D eigenvalue weighted by molar-refractivity contribution is 5.88. The van der Waals surface area contributed by atoms with Crippen molar-refractivity contribution in [1.82, 2.24) is 39.9 Å². The second-order valence-corrected chi connectivity index (χ2v) is 17.1. The SMILES string of the molecule is c1cc(-c2cc(-c3ccncc3)cc(-c3cc(-c4ccncc4)cc(-c4ccncc4)c3)c2)ccn1.c1cc(-c2cc(-c3ccncc3)cc(-c3cc(-c4ccncc4)cc(-c4ccncc4)c3)c2)ccn1. The van der Waals surface area contributed by atoms with Crippen LogP contribution < -0.4 is 0 Å². The molecule has 12 aromatic rings. The minimum Gasteiger partial charge on any atom is -0.265 e. The van der Waals surface area contributed by atoms with E-state index in [0.29, 0.717) is 0 Å². The Hall–Kier alpha value is -9.92. The normalized spacial score (nSPS) is 10.8. The second-order valence-electron chi connectivity index (χ2n) is 17.1. The fraction of sp³-hybridized carbons (Fsp3) is 0. The Balaban J connectivity index is 0.000000156. The first-order chi connectivity index (χ1) is 35.7. The molecule has 0 aliphatic rings. The number of nitrogens with zero attached hydrogens (tertiary/aromatic N) is 8. The maximum atomic E-state index is 4.20. The van der Waals surface area contributed by atoms with Crippen LogP contribution in [0.4, 0.5) is 0 Å². The molecule has 0 atom stereocenters. The first-order valence-corrected chi connectivity index (χ1v) is 23.5. The van der Waals surface area contributed by atoms with Crippen LogP contribution in [-0.2, 0) is 0 Å². The summed E-state index contributed by atoms with van der Waals surface area (Å²) < 4.78 is 0. The molecule has 0 N–H and O–H groups in total. The number of rotatable bonds is 10. The number of aromatic nitrogens is 8. The lowest BCUT2D eigenvalue weighted by atomic mass is 9.90. The van der Waals surface area contributed by atoms with Crippen molar-refractivity contribution >= 4 is 0 Å². The van der Waals surface area contributed by atoms with E-state index in [2.05, 4.69) is 113 Å². The van der Waals surface area contributed by atoms with Crippen molar-refractivity contribution < 1.29 is 0 Å². The summed E-state index contributed by atoms with van der Waals surface area (Å²) in [6, 6.07) is 59.7. The van der Waals surface area contributed by atoms with E-state index >= 15 is 0 Å². The molecule has 0 spiro atoms. The van der Waals surface area contributed by atoms with E-state index in [-0.39, 0.29) is 0 Å². The summed E-state index contributed by atoms with van der Waals surface area (Å²) in [6.07, 6.45) is 29.3. The standard InChI is InChI=1S/2C32H22N4/c2*1-9-33-10-2-23(1)27-17-28(24-3-11-34-12-4-24)20-31(19-27)32-21-29(25-5-13-35-14-6-25)18-30(22-32)26-7-15-36-16-8-26/h2*1-22H. The molecular weight excluding hydrogens is 881 g/mol. The van der Waals surface area contributed by atoms with Gasteiger partial charge in [0.1, 0.15) is 0 Å². The number of hydrogen-bond donors (Lipinski definition) is 0. The Morgan fingerprint density at radius 1 is 0.111 bits per heavy atom. The first-order valence-electron chi connectivity index (χ1n) is 23.5. The van der Waals surface area contributed by atoms with Gasteiger partial charge in [-0.15, -0.1) is 0 Å². The molecule has 0 bridgehead atoms. The molecule has 0 unspecified atom stereocenters. The third-order valence-corrected chi connectivity index (χ3v) is 12.5. The highest BCUT2D eigenvalue weighted by Gasteiger charge is 2.14. The maximum Gasteiger partial charge on any atom is 0.0273 e. The van der Waals surface area contributed by atoms with Gasteiger partial charge in [-0.3, -0.25) is 39.9 Å². The molecule has 8 aromatic heterocycles. The summed E-state index contributed by atoms with van der Waals surface area (Å²) in [6.45, 7) is 0. The minimum absolute atomic E-state index is 1.13. The lowest BCUT2D eigenvalue weighted by Gasteiger charge is -2.14. The molecule has 0 saturated carbocycles. The summed E-state index contributed by atoms with van der Waals surface area (Å²) >= 11 is 0. The van der Waals surface area contributed by atoms with Gasteiger partial charge in [0, 0.05) is 99.1 Å². The highest BCUT2D eigenvalue weighted by Crippen LogP contribution is 2.39. The molecule has 4 aromatic carbocycles. The van der Waals surface area contributed by atoms with Gasteiger partial charge in [-0.25, -0.2) is 0 Å². The Kier molecular flexibility index (Phi) is 13.1. The molecule has 8 heterocycles. The zero-order chi connectivity index (χ0) is 48.3. The third kappa shape index (κ3) is 10.4. The quantitative estimate of drug-likeness (QED) is 0.134. The largest absolute Gasteiger partial charge is 0.265 e. The lowest BCUT2D eigenvalue weighted by Crippen LogP contribution is -1.89. The molecule has 72 heavy (non-hydrogen) atoms. The van der Waals surface area contributed by atoms with Crippen LogP contribution in [0.3, 0.4) is 0 Å². The van der Waals surface area contributed by atoms with Gasteiger partial charge in [0.2, 0.25) is 0 Å². The summed E-state index contributed by atoms with van der Waals surface area (Å²) in [4.78, 5) is 33.6. The first kappa shape index (κ1) is 44.6. The Morgan fingerprint density at radius 3 is 0.292 bits per heavy atom. The fourth-order valence-electron chi connectivity index (χ4n) is 8.87. The van der Waals surface area contributed by atoms with Crippen molar-refractivity contribution in [3.8, 4) is 111 Å². The van der Waals surface area contributed by atoms with Gasteiger partial charge in [-0.05, 0) is 281 Å². The fourth-order valence-corrected chi connectivity index (χ4v) is 8.87. The molecule has 0 aliphatic heterocycles. The molecule has 0 radical (unpaired) electrons. The van der Waals surface area contributed by atoms with E-state index in [1.54, 1.807) is 0 Å². The van der Waals surface area contributed by atoms with Crippen molar-refractivity contribution in [3.63, 3.8) is 0 Å². The molecular formula is C64H44N8. The molecule has 8 heteroatoms. The topological polar surface area (TPSA) is 103 Å². The number of pyridine rings is 8. The van der Waals surface area contributed by atoms with Crippen molar-refractivity contribution in [2.45, 2.75) is 0 Å². The smallest absolute Gasteiger partial charge is 0.0273 e. The van der Waals surface area contributed by atoms with Crippen LogP contribution in [0.25, 0.3) is 111 Å². The number of hydrogen-bond acceptors (Lipinski definition) is 8. The molecule has 340 valence electrons. The van der Waals surface area contributed by atoms with E-state index in [1.807, 2.05) is 196 Å². The zero-order valence-electron chi connectivity index (χ0n) is 39.0. The molecule has 0 fully saturated rings. The van der Waals surface area contributed by atoms with Crippen molar-refractivity contribution in [3.05, 3.63) is 269 Å². The maximum absolute atomic E-state index is 4.20. The van der Waals surface area contributed by atoms with Crippen LogP contribution in [0.15, 0.2) is 269 Å². The van der Waals surface area contributed by atoms with Crippen molar-refractivity contribution in [2.75, 3.05) is 0 Å². The predicted molar refractivity (Wildman–Crippen MR) is 290 cm³/mol. The summed E-state index contributed by atoms with van der Waals surface area (Å²) in [7, 11) is 0. The number of benzene rings is 4. The predicted octanol–water partition coefficient (Wildman–Crippen LogP) is 15.2.